The lowest BCUT2D eigenvalue weighted by Crippen LogP contribution is -2.31. The minimum atomic E-state index is -0.0969. The van der Waals surface area contributed by atoms with Crippen LogP contribution in [0.4, 0.5) is 0 Å². The SMILES string of the molecule is Cc1ccc(C(C)(C)C)c(OCCC(C#N)NC2CC2)c1. The predicted octanol–water partition coefficient (Wildman–Crippen LogP) is 3.71. The Bertz CT molecular complexity index is 521. The molecule has 0 spiro atoms. The third-order valence-electron chi connectivity index (χ3n) is 3.78. The monoisotopic (exact) mass is 286 g/mol. The lowest BCUT2D eigenvalue weighted by molar-refractivity contribution is 0.290. The van der Waals surface area contributed by atoms with Gasteiger partial charge in [0, 0.05) is 12.5 Å². The Balaban J connectivity index is 1.95. The molecular weight excluding hydrogens is 260 g/mol. The summed E-state index contributed by atoms with van der Waals surface area (Å²) in [5.41, 5.74) is 2.48. The van der Waals surface area contributed by atoms with Crippen LogP contribution in [-0.2, 0) is 5.41 Å². The third kappa shape index (κ3) is 4.75. The summed E-state index contributed by atoms with van der Waals surface area (Å²) in [7, 11) is 0. The highest BCUT2D eigenvalue weighted by Gasteiger charge is 2.24. The number of hydrogen-bond donors (Lipinski definition) is 1. The standard InChI is InChI=1S/C18H26N2O/c1-13-5-8-16(18(2,3)4)17(11-13)21-10-9-15(12-19)20-14-6-7-14/h5,8,11,14-15,20H,6-7,9-10H2,1-4H3. The average Bonchev–Trinajstić information content (AvgIpc) is 3.20. The second-order valence-electron chi connectivity index (χ2n) is 7.01. The Hall–Kier alpha value is -1.53. The van der Waals surface area contributed by atoms with Crippen LogP contribution >= 0.6 is 0 Å². The smallest absolute Gasteiger partial charge is 0.123 e. The summed E-state index contributed by atoms with van der Waals surface area (Å²) in [6.45, 7) is 9.22. The van der Waals surface area contributed by atoms with E-state index in [1.807, 2.05) is 0 Å². The summed E-state index contributed by atoms with van der Waals surface area (Å²) < 4.78 is 5.99. The molecule has 1 N–H and O–H groups in total. The summed E-state index contributed by atoms with van der Waals surface area (Å²) >= 11 is 0. The Morgan fingerprint density at radius 1 is 1.38 bits per heavy atom. The minimum absolute atomic E-state index is 0.0595. The zero-order chi connectivity index (χ0) is 15.5. The maximum Gasteiger partial charge on any atom is 0.123 e. The fourth-order valence-electron chi connectivity index (χ4n) is 2.37. The van der Waals surface area contributed by atoms with Gasteiger partial charge >= 0.3 is 0 Å². The third-order valence-corrected chi connectivity index (χ3v) is 3.78. The summed E-state index contributed by atoms with van der Waals surface area (Å²) in [4.78, 5) is 0. The molecule has 0 heterocycles. The number of rotatable bonds is 6. The van der Waals surface area contributed by atoms with Gasteiger partial charge in [0.1, 0.15) is 5.75 Å². The zero-order valence-electron chi connectivity index (χ0n) is 13.6. The number of aryl methyl sites for hydroxylation is 1. The van der Waals surface area contributed by atoms with Crippen molar-refractivity contribution in [3.05, 3.63) is 29.3 Å². The van der Waals surface area contributed by atoms with E-state index in [2.05, 4.69) is 57.3 Å². The van der Waals surface area contributed by atoms with Crippen molar-refractivity contribution in [2.75, 3.05) is 6.61 Å². The van der Waals surface area contributed by atoms with Crippen molar-refractivity contribution < 1.29 is 4.74 Å². The molecule has 114 valence electrons. The van der Waals surface area contributed by atoms with E-state index in [4.69, 9.17) is 10.00 Å². The summed E-state index contributed by atoms with van der Waals surface area (Å²) in [6, 6.07) is 9.15. The van der Waals surface area contributed by atoms with E-state index >= 15 is 0 Å². The molecule has 1 aliphatic rings. The van der Waals surface area contributed by atoms with Gasteiger partial charge in [0.2, 0.25) is 0 Å². The molecule has 0 aliphatic heterocycles. The summed E-state index contributed by atoms with van der Waals surface area (Å²) in [5.74, 6) is 0.950. The first-order valence-electron chi connectivity index (χ1n) is 7.80. The molecule has 0 radical (unpaired) electrons. The number of nitrogens with one attached hydrogen (secondary N) is 1. The van der Waals surface area contributed by atoms with E-state index in [-0.39, 0.29) is 11.5 Å². The molecule has 1 unspecified atom stereocenters. The van der Waals surface area contributed by atoms with Gasteiger partial charge in [-0.05, 0) is 42.4 Å². The number of benzene rings is 1. The van der Waals surface area contributed by atoms with Crippen LogP contribution in [0, 0.1) is 18.3 Å². The van der Waals surface area contributed by atoms with Crippen molar-refractivity contribution in [3.63, 3.8) is 0 Å². The van der Waals surface area contributed by atoms with Gasteiger partial charge in [-0.15, -0.1) is 0 Å². The summed E-state index contributed by atoms with van der Waals surface area (Å²) in [5, 5.41) is 12.5. The van der Waals surface area contributed by atoms with E-state index < -0.39 is 0 Å². The molecule has 1 saturated carbocycles. The van der Waals surface area contributed by atoms with Gasteiger partial charge in [-0.3, -0.25) is 5.32 Å². The van der Waals surface area contributed by atoms with E-state index in [1.165, 1.54) is 24.0 Å². The number of ether oxygens (including phenoxy) is 1. The van der Waals surface area contributed by atoms with Crippen molar-refractivity contribution >= 4 is 0 Å². The van der Waals surface area contributed by atoms with Crippen LogP contribution in [0.2, 0.25) is 0 Å². The van der Waals surface area contributed by atoms with E-state index in [1.54, 1.807) is 0 Å². The normalized spacial score (nSPS) is 16.3. The number of hydrogen-bond acceptors (Lipinski definition) is 3. The first-order chi connectivity index (χ1) is 9.90. The molecule has 3 nitrogen and oxygen atoms in total. The minimum Gasteiger partial charge on any atom is -0.493 e. The van der Waals surface area contributed by atoms with Gasteiger partial charge in [0.05, 0.1) is 18.7 Å². The lowest BCUT2D eigenvalue weighted by atomic mass is 9.86. The largest absolute Gasteiger partial charge is 0.493 e. The fraction of sp³-hybridized carbons (Fsp3) is 0.611. The lowest BCUT2D eigenvalue weighted by Gasteiger charge is -2.23. The van der Waals surface area contributed by atoms with Gasteiger partial charge in [-0.1, -0.05) is 32.9 Å². The molecule has 1 atom stereocenters. The molecule has 0 aromatic heterocycles. The molecule has 1 aromatic rings. The maximum atomic E-state index is 9.16. The van der Waals surface area contributed by atoms with Gasteiger partial charge in [0.15, 0.2) is 0 Å². The first-order valence-corrected chi connectivity index (χ1v) is 7.80. The van der Waals surface area contributed by atoms with Gasteiger partial charge in [-0.2, -0.15) is 5.26 Å². The van der Waals surface area contributed by atoms with Crippen LogP contribution in [0.5, 0.6) is 5.75 Å². The Morgan fingerprint density at radius 3 is 2.67 bits per heavy atom. The first kappa shape index (κ1) is 15.9. The Kier molecular flexibility index (Phi) is 4.90. The average molecular weight is 286 g/mol. The van der Waals surface area contributed by atoms with Crippen molar-refractivity contribution in [3.8, 4) is 11.8 Å². The highest BCUT2D eigenvalue weighted by atomic mass is 16.5. The van der Waals surface area contributed by atoms with E-state index in [0.29, 0.717) is 12.6 Å². The molecule has 3 heteroatoms. The number of nitriles is 1. The molecule has 1 fully saturated rings. The van der Waals surface area contributed by atoms with Crippen molar-refractivity contribution in [2.24, 2.45) is 0 Å². The van der Waals surface area contributed by atoms with Crippen LogP contribution in [0.3, 0.4) is 0 Å². The summed E-state index contributed by atoms with van der Waals surface area (Å²) in [6.07, 6.45) is 3.13. The Labute approximate surface area is 128 Å². The van der Waals surface area contributed by atoms with E-state index in [0.717, 1.165) is 12.2 Å². The maximum absolute atomic E-state index is 9.16. The second kappa shape index (κ2) is 6.49. The topological polar surface area (TPSA) is 45.0 Å². The van der Waals surface area contributed by atoms with Gasteiger partial charge < -0.3 is 4.74 Å². The van der Waals surface area contributed by atoms with Gasteiger partial charge in [0.25, 0.3) is 0 Å². The molecule has 21 heavy (non-hydrogen) atoms. The van der Waals surface area contributed by atoms with Gasteiger partial charge in [-0.25, -0.2) is 0 Å². The molecule has 0 bridgehead atoms. The van der Waals surface area contributed by atoms with Crippen LogP contribution in [0.15, 0.2) is 18.2 Å². The highest BCUT2D eigenvalue weighted by Crippen LogP contribution is 2.32. The quantitative estimate of drug-likeness (QED) is 0.867. The van der Waals surface area contributed by atoms with Crippen molar-refractivity contribution in [2.45, 2.75) is 64.5 Å². The second-order valence-corrected chi connectivity index (χ2v) is 7.01. The number of nitrogens with zero attached hydrogens (tertiary/aromatic N) is 1. The molecule has 0 amide bonds. The van der Waals surface area contributed by atoms with Crippen molar-refractivity contribution in [1.82, 2.24) is 5.32 Å². The zero-order valence-corrected chi connectivity index (χ0v) is 13.6. The highest BCUT2D eigenvalue weighted by molar-refractivity contribution is 5.41. The molecule has 0 saturated heterocycles. The fourth-order valence-corrected chi connectivity index (χ4v) is 2.37. The van der Waals surface area contributed by atoms with Crippen LogP contribution in [-0.4, -0.2) is 18.7 Å². The molecule has 1 aliphatic carbocycles. The van der Waals surface area contributed by atoms with Crippen LogP contribution in [0.1, 0.15) is 51.2 Å². The molecule has 2 rings (SSSR count). The van der Waals surface area contributed by atoms with E-state index in [9.17, 15) is 0 Å². The Morgan fingerprint density at radius 2 is 2.10 bits per heavy atom. The van der Waals surface area contributed by atoms with Crippen LogP contribution < -0.4 is 10.1 Å². The molecule has 1 aromatic carbocycles. The van der Waals surface area contributed by atoms with Crippen LogP contribution in [0.25, 0.3) is 0 Å². The predicted molar refractivity (Wildman–Crippen MR) is 85.5 cm³/mol. The van der Waals surface area contributed by atoms with Crippen molar-refractivity contribution in [1.29, 1.82) is 5.26 Å². The molecular formula is C18H26N2O.